The molecule has 3 fully saturated rings. The van der Waals surface area contributed by atoms with Gasteiger partial charge in [0.15, 0.2) is 5.11 Å². The maximum atomic E-state index is 13.6. The predicted octanol–water partition coefficient (Wildman–Crippen LogP) is 4.12. The maximum absolute atomic E-state index is 13.6. The highest BCUT2D eigenvalue weighted by Crippen LogP contribution is 2.42. The molecule has 1 aromatic heterocycles. The van der Waals surface area contributed by atoms with Gasteiger partial charge in [-0.2, -0.15) is 8.78 Å². The average molecular weight is 516 g/mol. The van der Waals surface area contributed by atoms with E-state index in [0.717, 1.165) is 50.6 Å². The second-order valence-corrected chi connectivity index (χ2v) is 10.1. The van der Waals surface area contributed by atoms with Crippen LogP contribution in [0.15, 0.2) is 52.9 Å². The number of likely N-dealkylation sites (tertiary alicyclic amines) is 2. The zero-order chi connectivity index (χ0) is 24.9. The van der Waals surface area contributed by atoms with Crippen molar-refractivity contribution in [2.45, 2.75) is 19.0 Å². The van der Waals surface area contributed by atoms with Crippen LogP contribution in [0.25, 0.3) is 11.5 Å². The number of ether oxygens (including phenoxy) is 1. The lowest BCUT2D eigenvalue weighted by Gasteiger charge is -2.63. The number of alkyl halides is 2. The second kappa shape index (κ2) is 9.13. The molecule has 0 atom stereocenters. The molecule has 0 unspecified atom stereocenters. The first-order valence-corrected chi connectivity index (χ1v) is 12.1. The quantitative estimate of drug-likeness (QED) is 0.455. The van der Waals surface area contributed by atoms with Crippen LogP contribution in [0.3, 0.4) is 0 Å². The molecule has 2 aromatic carbocycles. The lowest BCUT2D eigenvalue weighted by Crippen LogP contribution is -2.76. The lowest BCUT2D eigenvalue weighted by atomic mass is 9.72. The molecule has 0 bridgehead atoms. The van der Waals surface area contributed by atoms with Crippen molar-refractivity contribution < 1.29 is 22.3 Å². The summed E-state index contributed by atoms with van der Waals surface area (Å²) >= 11 is 5.90. The van der Waals surface area contributed by atoms with Crippen molar-refractivity contribution >= 4 is 23.0 Å². The van der Waals surface area contributed by atoms with Crippen molar-refractivity contribution in [2.24, 2.45) is 5.41 Å². The molecule has 3 saturated heterocycles. The second-order valence-electron chi connectivity index (χ2n) is 9.74. The Balaban J connectivity index is 1.15. The van der Waals surface area contributed by atoms with E-state index >= 15 is 0 Å². The highest BCUT2D eigenvalue weighted by Gasteiger charge is 2.55. The zero-order valence-electron chi connectivity index (χ0n) is 19.3. The molecule has 36 heavy (non-hydrogen) atoms. The Morgan fingerprint density at radius 3 is 2.31 bits per heavy atom. The Morgan fingerprint density at radius 2 is 1.72 bits per heavy atom. The molecule has 7 nitrogen and oxygen atoms in total. The minimum atomic E-state index is -2.81. The van der Waals surface area contributed by atoms with Crippen molar-refractivity contribution in [3.05, 3.63) is 65.8 Å². The Kier molecular flexibility index (Phi) is 5.93. The van der Waals surface area contributed by atoms with E-state index in [1.807, 2.05) is 17.0 Å². The number of thiocarbonyl (C=S) groups is 1. The maximum Gasteiger partial charge on any atom is 0.314 e. The molecule has 4 heterocycles. The fourth-order valence-corrected chi connectivity index (χ4v) is 5.34. The first-order chi connectivity index (χ1) is 17.4. The van der Waals surface area contributed by atoms with Gasteiger partial charge in [-0.3, -0.25) is 4.90 Å². The number of anilines is 1. The van der Waals surface area contributed by atoms with Crippen molar-refractivity contribution in [3.8, 4) is 11.5 Å². The first-order valence-electron chi connectivity index (χ1n) is 11.7. The molecule has 188 valence electrons. The molecule has 3 aliphatic rings. The van der Waals surface area contributed by atoms with E-state index in [2.05, 4.69) is 20.0 Å². The third-order valence-electron chi connectivity index (χ3n) is 7.08. The minimum absolute atomic E-state index is 0.0386. The smallest absolute Gasteiger partial charge is 0.314 e. The number of hydrogen-bond acceptors (Lipinski definition) is 6. The fraction of sp³-hybridized carbons (Fsp3) is 0.400. The highest BCUT2D eigenvalue weighted by molar-refractivity contribution is 7.80. The summed E-state index contributed by atoms with van der Waals surface area (Å²) in [6.45, 7) is 6.06. The predicted molar refractivity (Wildman–Crippen MR) is 130 cm³/mol. The van der Waals surface area contributed by atoms with Crippen molar-refractivity contribution in [1.29, 1.82) is 0 Å². The highest BCUT2D eigenvalue weighted by atomic mass is 32.1. The number of aromatic nitrogens is 2. The van der Waals surface area contributed by atoms with Crippen LogP contribution in [-0.2, 0) is 11.3 Å². The first kappa shape index (κ1) is 23.4. The van der Waals surface area contributed by atoms with E-state index in [1.165, 1.54) is 12.1 Å². The number of halogens is 3. The summed E-state index contributed by atoms with van der Waals surface area (Å²) in [5.74, 6) is -0.976. The standard InChI is InChI=1S/C25H24F3N5O2S/c26-18-5-7-19(8-6-18)33(24(36)32-14-25(15-32)12-31(13-25)20-10-34-11-20)9-16-1-3-17(4-2-16)22-29-30-23(35-22)21(27)28/h1-8,20-21H,9-15H2. The van der Waals surface area contributed by atoms with Gasteiger partial charge in [0.2, 0.25) is 5.89 Å². The van der Waals surface area contributed by atoms with Crippen LogP contribution in [0.2, 0.25) is 0 Å². The van der Waals surface area contributed by atoms with Gasteiger partial charge >= 0.3 is 6.43 Å². The van der Waals surface area contributed by atoms with E-state index in [9.17, 15) is 13.2 Å². The molecule has 1 spiro atoms. The van der Waals surface area contributed by atoms with Crippen molar-refractivity contribution in [3.63, 3.8) is 0 Å². The van der Waals surface area contributed by atoms with Crippen LogP contribution in [0.5, 0.6) is 0 Å². The molecule has 0 saturated carbocycles. The van der Waals surface area contributed by atoms with Crippen LogP contribution < -0.4 is 4.90 Å². The molecule has 3 aromatic rings. The number of benzene rings is 2. The Labute approximate surface area is 211 Å². The topological polar surface area (TPSA) is 57.9 Å². The SMILES string of the molecule is Fc1ccc(N(Cc2ccc(-c3nnc(C(F)F)o3)cc2)C(=S)N2CC3(C2)CN(C2COC2)C3)cc1. The minimum Gasteiger partial charge on any atom is -0.415 e. The molecular weight excluding hydrogens is 491 g/mol. The molecule has 6 rings (SSSR count). The zero-order valence-corrected chi connectivity index (χ0v) is 20.1. The molecule has 0 amide bonds. The Hall–Kier alpha value is -3.02. The number of hydrogen-bond donors (Lipinski definition) is 0. The van der Waals surface area contributed by atoms with Gasteiger partial charge in [-0.05, 0) is 54.2 Å². The Bertz CT molecular complexity index is 1240. The van der Waals surface area contributed by atoms with E-state index in [1.54, 1.807) is 24.3 Å². The normalized spacial score (nSPS) is 19.2. The largest absolute Gasteiger partial charge is 0.415 e. The summed E-state index contributed by atoms with van der Waals surface area (Å²) in [5.41, 5.74) is 2.57. The molecule has 0 aliphatic carbocycles. The summed E-state index contributed by atoms with van der Waals surface area (Å²) < 4.78 is 49.5. The number of rotatable bonds is 6. The van der Waals surface area contributed by atoms with Gasteiger partial charge in [0.25, 0.3) is 5.89 Å². The molecule has 0 N–H and O–H groups in total. The van der Waals surface area contributed by atoms with E-state index in [0.29, 0.717) is 23.3 Å². The van der Waals surface area contributed by atoms with E-state index in [-0.39, 0.29) is 17.1 Å². The van der Waals surface area contributed by atoms with Crippen LogP contribution in [0.4, 0.5) is 18.9 Å². The summed E-state index contributed by atoms with van der Waals surface area (Å²) in [4.78, 5) is 6.68. The fourth-order valence-electron chi connectivity index (χ4n) is 5.04. The van der Waals surface area contributed by atoms with Crippen LogP contribution in [-0.4, -0.2) is 70.5 Å². The Morgan fingerprint density at radius 1 is 1.03 bits per heavy atom. The van der Waals surface area contributed by atoms with Crippen LogP contribution in [0, 0.1) is 11.2 Å². The van der Waals surface area contributed by atoms with Gasteiger partial charge in [0.05, 0.1) is 25.8 Å². The van der Waals surface area contributed by atoms with Crippen LogP contribution >= 0.6 is 12.2 Å². The molecule has 11 heteroatoms. The van der Waals surface area contributed by atoms with Gasteiger partial charge in [-0.15, -0.1) is 10.2 Å². The summed E-state index contributed by atoms with van der Waals surface area (Å²) in [5, 5.41) is 7.77. The third-order valence-corrected chi connectivity index (χ3v) is 7.55. The monoisotopic (exact) mass is 515 g/mol. The van der Waals surface area contributed by atoms with Crippen LogP contribution in [0.1, 0.15) is 17.9 Å². The van der Waals surface area contributed by atoms with Gasteiger partial charge in [-0.25, -0.2) is 4.39 Å². The van der Waals surface area contributed by atoms with Gasteiger partial charge in [-0.1, -0.05) is 12.1 Å². The molecule has 0 radical (unpaired) electrons. The van der Waals surface area contributed by atoms with Gasteiger partial charge < -0.3 is 19.0 Å². The summed E-state index contributed by atoms with van der Waals surface area (Å²) in [6, 6.07) is 14.1. The third kappa shape index (κ3) is 4.35. The lowest BCUT2D eigenvalue weighted by molar-refractivity contribution is -0.162. The van der Waals surface area contributed by atoms with Gasteiger partial charge in [0, 0.05) is 42.8 Å². The van der Waals surface area contributed by atoms with E-state index in [4.69, 9.17) is 21.4 Å². The molecular formula is C25H24F3N5O2S. The van der Waals surface area contributed by atoms with Crippen molar-refractivity contribution in [2.75, 3.05) is 44.3 Å². The van der Waals surface area contributed by atoms with E-state index < -0.39 is 12.3 Å². The summed E-state index contributed by atoms with van der Waals surface area (Å²) in [7, 11) is 0. The van der Waals surface area contributed by atoms with Crippen molar-refractivity contribution in [1.82, 2.24) is 20.0 Å². The summed E-state index contributed by atoms with van der Waals surface area (Å²) in [6.07, 6.45) is -2.81. The number of nitrogens with zero attached hydrogens (tertiary/aromatic N) is 5. The van der Waals surface area contributed by atoms with Gasteiger partial charge in [0.1, 0.15) is 5.82 Å². The molecule has 3 aliphatic heterocycles. The average Bonchev–Trinajstić information content (AvgIpc) is 3.28.